The minimum atomic E-state index is -4.68. The number of nitrogens with zero attached hydrogens (tertiary/aromatic N) is 3. The number of halogens is 4. The maximum atomic E-state index is 13.4. The van der Waals surface area contributed by atoms with Crippen molar-refractivity contribution in [3.05, 3.63) is 69.6 Å². The van der Waals surface area contributed by atoms with Gasteiger partial charge in [-0.05, 0) is 42.8 Å². The zero-order valence-corrected chi connectivity index (χ0v) is 18.6. The highest BCUT2D eigenvalue weighted by Crippen LogP contribution is 2.35. The highest BCUT2D eigenvalue weighted by atomic mass is 35.5. The van der Waals surface area contributed by atoms with Crippen LogP contribution >= 0.6 is 22.9 Å². The Morgan fingerprint density at radius 2 is 1.88 bits per heavy atom. The molecule has 2 aromatic heterocycles. The predicted octanol–water partition coefficient (Wildman–Crippen LogP) is 5.29. The molecule has 4 rings (SSSR count). The molecule has 12 heteroatoms. The Bertz CT molecular complexity index is 1420. The summed E-state index contributed by atoms with van der Waals surface area (Å²) in [5.74, 6) is 0. The molecule has 4 aromatic rings. The van der Waals surface area contributed by atoms with Crippen molar-refractivity contribution in [3.63, 3.8) is 0 Å². The summed E-state index contributed by atoms with van der Waals surface area (Å²) in [6, 6.07) is 9.74. The molecule has 0 saturated heterocycles. The Morgan fingerprint density at radius 3 is 2.44 bits per heavy atom. The van der Waals surface area contributed by atoms with Gasteiger partial charge in [-0.25, -0.2) is 23.2 Å². The third-order valence-corrected chi connectivity index (χ3v) is 6.68. The molecule has 2 heterocycles. The monoisotopic (exact) mass is 498 g/mol. The van der Waals surface area contributed by atoms with E-state index in [0.717, 1.165) is 33.6 Å². The number of rotatable bonds is 4. The zero-order chi connectivity index (χ0) is 23.3. The molecule has 0 aliphatic rings. The number of sulfonamides is 1. The molecule has 2 aromatic carbocycles. The molecule has 166 valence electrons. The van der Waals surface area contributed by atoms with Gasteiger partial charge in [-0.3, -0.25) is 0 Å². The number of thiazole rings is 1. The van der Waals surface area contributed by atoms with Gasteiger partial charge in [-0.2, -0.15) is 18.3 Å². The molecule has 0 aliphatic carbocycles. The molecule has 6 nitrogen and oxygen atoms in total. The molecule has 0 saturated carbocycles. The minimum absolute atomic E-state index is 0.147. The lowest BCUT2D eigenvalue weighted by molar-refractivity contribution is -0.141. The lowest BCUT2D eigenvalue weighted by Gasteiger charge is -2.11. The second-order valence-electron chi connectivity index (χ2n) is 6.89. The Balaban J connectivity index is 1.88. The van der Waals surface area contributed by atoms with Crippen molar-refractivity contribution in [1.29, 1.82) is 0 Å². The molecular weight excluding hydrogens is 485 g/mol. The molecule has 2 N–H and O–H groups in total. The van der Waals surface area contributed by atoms with E-state index in [0.29, 0.717) is 5.56 Å². The second kappa shape index (κ2) is 8.00. The third-order valence-electron chi connectivity index (χ3n) is 4.70. The van der Waals surface area contributed by atoms with E-state index in [1.165, 1.54) is 23.5 Å². The smallest absolute Gasteiger partial charge is 0.245 e. The summed E-state index contributed by atoms with van der Waals surface area (Å²) < 4.78 is 64.6. The number of aromatic nitrogens is 3. The van der Waals surface area contributed by atoms with Gasteiger partial charge in [0.1, 0.15) is 4.90 Å². The minimum Gasteiger partial charge on any atom is -0.245 e. The quantitative estimate of drug-likeness (QED) is 0.414. The second-order valence-corrected chi connectivity index (χ2v) is 9.54. The molecule has 0 spiro atoms. The Morgan fingerprint density at radius 1 is 1.12 bits per heavy atom. The van der Waals surface area contributed by atoms with Crippen LogP contribution in [0.1, 0.15) is 11.3 Å². The summed E-state index contributed by atoms with van der Waals surface area (Å²) in [5.41, 5.74) is 3.83. The maximum Gasteiger partial charge on any atom is 0.435 e. The Kier molecular flexibility index (Phi) is 5.61. The molecule has 0 amide bonds. The van der Waals surface area contributed by atoms with Crippen LogP contribution < -0.4 is 5.14 Å². The van der Waals surface area contributed by atoms with Gasteiger partial charge in [0, 0.05) is 16.5 Å². The van der Waals surface area contributed by atoms with Crippen LogP contribution in [0.4, 0.5) is 13.2 Å². The number of benzene rings is 2. The van der Waals surface area contributed by atoms with Crippen LogP contribution in [-0.2, 0) is 16.2 Å². The summed E-state index contributed by atoms with van der Waals surface area (Å²) in [6.07, 6.45) is -4.68. The summed E-state index contributed by atoms with van der Waals surface area (Å²) in [5, 5.41) is 10.5. The van der Waals surface area contributed by atoms with E-state index < -0.39 is 21.9 Å². The number of alkyl halides is 3. The summed E-state index contributed by atoms with van der Waals surface area (Å²) in [6.45, 7) is 1.83. The predicted molar refractivity (Wildman–Crippen MR) is 116 cm³/mol. The maximum absolute atomic E-state index is 13.4. The largest absolute Gasteiger partial charge is 0.435 e. The van der Waals surface area contributed by atoms with Crippen molar-refractivity contribution in [3.8, 4) is 28.2 Å². The van der Waals surface area contributed by atoms with Gasteiger partial charge in [-0.1, -0.05) is 23.7 Å². The molecule has 0 unspecified atom stereocenters. The first-order valence-corrected chi connectivity index (χ1v) is 11.8. The first kappa shape index (κ1) is 22.5. The molecular formula is C20H14ClF3N4O2S2. The fourth-order valence-electron chi connectivity index (χ4n) is 3.23. The van der Waals surface area contributed by atoms with Gasteiger partial charge in [0.25, 0.3) is 0 Å². The van der Waals surface area contributed by atoms with Crippen LogP contribution in [0.25, 0.3) is 28.2 Å². The van der Waals surface area contributed by atoms with Gasteiger partial charge >= 0.3 is 6.18 Å². The van der Waals surface area contributed by atoms with Crippen LogP contribution in [0.3, 0.4) is 0 Å². The van der Waals surface area contributed by atoms with Gasteiger partial charge in [0.2, 0.25) is 10.0 Å². The van der Waals surface area contributed by atoms with Crippen molar-refractivity contribution < 1.29 is 21.6 Å². The van der Waals surface area contributed by atoms with Crippen LogP contribution in [0.15, 0.2) is 58.3 Å². The third kappa shape index (κ3) is 4.29. The SMILES string of the molecule is Cc1cc(-c2cc(C(F)(F)F)nn2-c2ccc(S(N)(=O)=O)c(Cl)c2)ccc1-c1cscn1. The Labute approximate surface area is 190 Å². The summed E-state index contributed by atoms with van der Waals surface area (Å²) >= 11 is 7.47. The fraction of sp³-hybridized carbons (Fsp3) is 0.100. The molecule has 0 atom stereocenters. The normalized spacial score (nSPS) is 12.3. The van der Waals surface area contributed by atoms with Gasteiger partial charge in [0.05, 0.1) is 27.6 Å². The average Bonchev–Trinajstić information content (AvgIpc) is 3.36. The standard InChI is InChI=1S/C20H14ClF3N4O2S2/c1-11-6-12(2-4-14(11)16-9-31-10-26-16)17-8-19(20(22,23)24)27-28(17)13-3-5-18(15(21)7-13)32(25,29)30/h2-10H,1H3,(H2,25,29,30). The van der Waals surface area contributed by atoms with Gasteiger partial charge < -0.3 is 0 Å². The van der Waals surface area contributed by atoms with E-state index in [9.17, 15) is 21.6 Å². The van der Waals surface area contributed by atoms with Crippen molar-refractivity contribution >= 4 is 33.0 Å². The molecule has 0 aliphatic heterocycles. The van der Waals surface area contributed by atoms with E-state index in [4.69, 9.17) is 16.7 Å². The van der Waals surface area contributed by atoms with Crippen molar-refractivity contribution in [2.75, 3.05) is 0 Å². The van der Waals surface area contributed by atoms with E-state index in [-0.39, 0.29) is 21.3 Å². The highest BCUT2D eigenvalue weighted by molar-refractivity contribution is 7.89. The zero-order valence-electron chi connectivity index (χ0n) is 16.3. The fourth-order valence-corrected chi connectivity index (χ4v) is 4.87. The Hall–Kier alpha value is -2.73. The van der Waals surface area contributed by atoms with Gasteiger partial charge in [-0.15, -0.1) is 11.3 Å². The molecule has 0 radical (unpaired) electrons. The summed E-state index contributed by atoms with van der Waals surface area (Å²) in [4.78, 5) is 3.93. The number of hydrogen-bond donors (Lipinski definition) is 1. The molecule has 0 bridgehead atoms. The van der Waals surface area contributed by atoms with E-state index in [1.54, 1.807) is 23.7 Å². The van der Waals surface area contributed by atoms with Crippen LogP contribution in [0.2, 0.25) is 5.02 Å². The van der Waals surface area contributed by atoms with E-state index in [2.05, 4.69) is 10.1 Å². The number of aryl methyl sites for hydroxylation is 1. The van der Waals surface area contributed by atoms with Gasteiger partial charge in [0.15, 0.2) is 5.69 Å². The molecule has 0 fully saturated rings. The van der Waals surface area contributed by atoms with Crippen molar-refractivity contribution in [1.82, 2.24) is 14.8 Å². The number of hydrogen-bond acceptors (Lipinski definition) is 5. The molecule has 32 heavy (non-hydrogen) atoms. The lowest BCUT2D eigenvalue weighted by atomic mass is 10.0. The van der Waals surface area contributed by atoms with Crippen LogP contribution in [0, 0.1) is 6.92 Å². The average molecular weight is 499 g/mol. The van der Waals surface area contributed by atoms with E-state index >= 15 is 0 Å². The highest BCUT2D eigenvalue weighted by Gasteiger charge is 2.35. The van der Waals surface area contributed by atoms with Crippen LogP contribution in [0.5, 0.6) is 0 Å². The summed E-state index contributed by atoms with van der Waals surface area (Å²) in [7, 11) is -4.09. The van der Waals surface area contributed by atoms with Crippen molar-refractivity contribution in [2.24, 2.45) is 5.14 Å². The lowest BCUT2D eigenvalue weighted by Crippen LogP contribution is -2.13. The number of nitrogens with two attached hydrogens (primary N) is 1. The number of primary sulfonamides is 1. The first-order chi connectivity index (χ1) is 14.9. The first-order valence-electron chi connectivity index (χ1n) is 8.95. The topological polar surface area (TPSA) is 90.9 Å². The van der Waals surface area contributed by atoms with Crippen LogP contribution in [-0.4, -0.2) is 23.2 Å². The van der Waals surface area contributed by atoms with Crippen molar-refractivity contribution in [2.45, 2.75) is 18.0 Å². The van der Waals surface area contributed by atoms with E-state index in [1.807, 2.05) is 12.3 Å².